The molecule has 3 rings (SSSR count). The van der Waals surface area contributed by atoms with Crippen molar-refractivity contribution in [1.29, 1.82) is 0 Å². The van der Waals surface area contributed by atoms with Crippen LogP contribution in [0.3, 0.4) is 0 Å². The van der Waals surface area contributed by atoms with Crippen LogP contribution in [-0.2, 0) is 6.54 Å². The zero-order valence-corrected chi connectivity index (χ0v) is 12.7. The molecule has 2 fully saturated rings. The van der Waals surface area contributed by atoms with Gasteiger partial charge in [-0.15, -0.1) is 0 Å². The van der Waals surface area contributed by atoms with Gasteiger partial charge in [-0.3, -0.25) is 15.0 Å². The molecular weight excluding hydrogens is 290 g/mol. The van der Waals surface area contributed by atoms with Gasteiger partial charge in [0.05, 0.1) is 4.92 Å². The molecule has 2 saturated heterocycles. The summed E-state index contributed by atoms with van der Waals surface area (Å²) in [7, 11) is 0. The standard InChI is InChI=1S/C15H20ClN3O2/c16-12-6-5-11(15(9-12)19(20)21)10-18-8-2-4-14(18)13-3-1-7-17-13/h5-6,9,13-14,17H,1-4,7-8,10H2. The zero-order valence-electron chi connectivity index (χ0n) is 11.9. The zero-order chi connectivity index (χ0) is 14.8. The molecule has 6 heteroatoms. The van der Waals surface area contributed by atoms with E-state index in [1.54, 1.807) is 12.1 Å². The van der Waals surface area contributed by atoms with Crippen molar-refractivity contribution in [3.63, 3.8) is 0 Å². The van der Waals surface area contributed by atoms with Crippen LogP contribution in [0, 0.1) is 10.1 Å². The second-order valence-electron chi connectivity index (χ2n) is 5.91. The highest BCUT2D eigenvalue weighted by Gasteiger charge is 2.33. The highest BCUT2D eigenvalue weighted by atomic mass is 35.5. The summed E-state index contributed by atoms with van der Waals surface area (Å²) in [5, 5.41) is 15.2. The predicted molar refractivity (Wildman–Crippen MR) is 82.6 cm³/mol. The average molecular weight is 310 g/mol. The van der Waals surface area contributed by atoms with Gasteiger partial charge in [0.25, 0.3) is 5.69 Å². The van der Waals surface area contributed by atoms with E-state index in [4.69, 9.17) is 11.6 Å². The third-order valence-electron chi connectivity index (χ3n) is 4.59. The van der Waals surface area contributed by atoms with E-state index in [9.17, 15) is 10.1 Å². The van der Waals surface area contributed by atoms with E-state index < -0.39 is 0 Å². The van der Waals surface area contributed by atoms with Crippen molar-refractivity contribution in [3.8, 4) is 0 Å². The summed E-state index contributed by atoms with van der Waals surface area (Å²) in [5.74, 6) is 0. The number of nitrogens with zero attached hydrogens (tertiary/aromatic N) is 2. The van der Waals surface area contributed by atoms with E-state index in [1.165, 1.54) is 31.7 Å². The van der Waals surface area contributed by atoms with Crippen LogP contribution in [-0.4, -0.2) is 35.0 Å². The van der Waals surface area contributed by atoms with E-state index in [-0.39, 0.29) is 10.6 Å². The van der Waals surface area contributed by atoms with E-state index >= 15 is 0 Å². The Kier molecular flexibility index (Phi) is 4.42. The van der Waals surface area contributed by atoms with Gasteiger partial charge < -0.3 is 5.32 Å². The maximum atomic E-state index is 11.2. The first-order chi connectivity index (χ1) is 10.1. The van der Waals surface area contributed by atoms with Gasteiger partial charge in [0, 0.05) is 35.3 Å². The van der Waals surface area contributed by atoms with Gasteiger partial charge in [-0.1, -0.05) is 11.6 Å². The van der Waals surface area contributed by atoms with Gasteiger partial charge in [-0.2, -0.15) is 0 Å². The smallest absolute Gasteiger partial charge is 0.275 e. The fraction of sp³-hybridized carbons (Fsp3) is 0.600. The van der Waals surface area contributed by atoms with Crippen molar-refractivity contribution in [3.05, 3.63) is 38.9 Å². The highest BCUT2D eigenvalue weighted by molar-refractivity contribution is 6.30. The van der Waals surface area contributed by atoms with Crippen LogP contribution < -0.4 is 5.32 Å². The van der Waals surface area contributed by atoms with Crippen molar-refractivity contribution in [1.82, 2.24) is 10.2 Å². The monoisotopic (exact) mass is 309 g/mol. The molecule has 2 unspecified atom stereocenters. The summed E-state index contributed by atoms with van der Waals surface area (Å²) in [6.07, 6.45) is 4.79. The molecule has 2 aliphatic heterocycles. The largest absolute Gasteiger partial charge is 0.312 e. The Labute approximate surface area is 129 Å². The molecule has 114 valence electrons. The number of nitrogens with one attached hydrogen (secondary N) is 1. The lowest BCUT2D eigenvalue weighted by Crippen LogP contribution is -2.43. The topological polar surface area (TPSA) is 58.4 Å². The average Bonchev–Trinajstić information content (AvgIpc) is 3.11. The lowest BCUT2D eigenvalue weighted by Gasteiger charge is -2.29. The third kappa shape index (κ3) is 3.20. The van der Waals surface area contributed by atoms with Crippen LogP contribution in [0.1, 0.15) is 31.2 Å². The van der Waals surface area contributed by atoms with Crippen LogP contribution in [0.15, 0.2) is 18.2 Å². The fourth-order valence-corrected chi connectivity index (χ4v) is 3.77. The molecule has 0 radical (unpaired) electrons. The molecular formula is C15H20ClN3O2. The SMILES string of the molecule is O=[N+]([O-])c1cc(Cl)ccc1CN1CCCC1C1CCCN1. The van der Waals surface area contributed by atoms with E-state index in [2.05, 4.69) is 10.2 Å². The van der Waals surface area contributed by atoms with Crippen LogP contribution >= 0.6 is 11.6 Å². The molecule has 0 amide bonds. The van der Waals surface area contributed by atoms with Crippen molar-refractivity contribution in [2.75, 3.05) is 13.1 Å². The number of nitro groups is 1. The summed E-state index contributed by atoms with van der Waals surface area (Å²) in [6.45, 7) is 2.75. The maximum absolute atomic E-state index is 11.2. The number of benzene rings is 1. The molecule has 0 bridgehead atoms. The molecule has 0 aliphatic carbocycles. The minimum Gasteiger partial charge on any atom is -0.312 e. The molecule has 1 aromatic carbocycles. The molecule has 0 spiro atoms. The van der Waals surface area contributed by atoms with Gasteiger partial charge >= 0.3 is 0 Å². The molecule has 1 N–H and O–H groups in total. The summed E-state index contributed by atoms with van der Waals surface area (Å²) in [4.78, 5) is 13.3. The van der Waals surface area contributed by atoms with Crippen molar-refractivity contribution >= 4 is 17.3 Å². The molecule has 2 aliphatic rings. The van der Waals surface area contributed by atoms with E-state index in [0.29, 0.717) is 23.7 Å². The first-order valence-electron chi connectivity index (χ1n) is 7.55. The molecule has 5 nitrogen and oxygen atoms in total. The van der Waals surface area contributed by atoms with Crippen molar-refractivity contribution < 1.29 is 4.92 Å². The quantitative estimate of drug-likeness (QED) is 0.686. The summed E-state index contributed by atoms with van der Waals surface area (Å²) >= 11 is 5.88. The summed E-state index contributed by atoms with van der Waals surface area (Å²) < 4.78 is 0. The summed E-state index contributed by atoms with van der Waals surface area (Å²) in [5.41, 5.74) is 0.891. The Hall–Kier alpha value is -1.17. The number of hydrogen-bond acceptors (Lipinski definition) is 4. The Bertz CT molecular complexity index is 532. The minimum atomic E-state index is -0.333. The summed E-state index contributed by atoms with van der Waals surface area (Å²) in [6, 6.07) is 6.03. The molecule has 0 aromatic heterocycles. The molecule has 21 heavy (non-hydrogen) atoms. The number of halogens is 1. The fourth-order valence-electron chi connectivity index (χ4n) is 3.60. The van der Waals surface area contributed by atoms with Gasteiger partial charge in [0.2, 0.25) is 0 Å². The van der Waals surface area contributed by atoms with E-state index in [1.807, 2.05) is 0 Å². The second-order valence-corrected chi connectivity index (χ2v) is 6.35. The highest BCUT2D eigenvalue weighted by Crippen LogP contribution is 2.30. The van der Waals surface area contributed by atoms with Gasteiger partial charge in [-0.05, 0) is 50.9 Å². The van der Waals surface area contributed by atoms with Crippen molar-refractivity contribution in [2.45, 2.75) is 44.3 Å². The van der Waals surface area contributed by atoms with Gasteiger partial charge in [-0.25, -0.2) is 0 Å². The molecule has 2 heterocycles. The van der Waals surface area contributed by atoms with Crippen LogP contribution in [0.2, 0.25) is 5.02 Å². The lowest BCUT2D eigenvalue weighted by atomic mass is 10.0. The Morgan fingerprint density at radius 1 is 1.38 bits per heavy atom. The maximum Gasteiger partial charge on any atom is 0.275 e. The first kappa shape index (κ1) is 14.8. The van der Waals surface area contributed by atoms with E-state index in [0.717, 1.165) is 18.7 Å². The van der Waals surface area contributed by atoms with Crippen LogP contribution in [0.4, 0.5) is 5.69 Å². The second kappa shape index (κ2) is 6.30. The Balaban J connectivity index is 1.77. The normalized spacial score (nSPS) is 26.3. The predicted octanol–water partition coefficient (Wildman–Crippen LogP) is 2.96. The molecule has 2 atom stereocenters. The minimum absolute atomic E-state index is 0.132. The van der Waals surface area contributed by atoms with Crippen molar-refractivity contribution in [2.24, 2.45) is 0 Å². The molecule has 1 aromatic rings. The van der Waals surface area contributed by atoms with Gasteiger partial charge in [0.1, 0.15) is 0 Å². The third-order valence-corrected chi connectivity index (χ3v) is 4.83. The number of rotatable bonds is 4. The molecule has 0 saturated carbocycles. The first-order valence-corrected chi connectivity index (χ1v) is 7.93. The lowest BCUT2D eigenvalue weighted by molar-refractivity contribution is -0.385. The number of hydrogen-bond donors (Lipinski definition) is 1. The number of nitro benzene ring substituents is 1. The van der Waals surface area contributed by atoms with Crippen LogP contribution in [0.5, 0.6) is 0 Å². The Morgan fingerprint density at radius 3 is 2.95 bits per heavy atom. The van der Waals surface area contributed by atoms with Gasteiger partial charge in [0.15, 0.2) is 0 Å². The Morgan fingerprint density at radius 2 is 2.24 bits per heavy atom. The number of likely N-dealkylation sites (tertiary alicyclic amines) is 1. The van der Waals surface area contributed by atoms with Crippen LogP contribution in [0.25, 0.3) is 0 Å².